The van der Waals surface area contributed by atoms with Gasteiger partial charge in [-0.25, -0.2) is 0 Å². The molecule has 0 bridgehead atoms. The van der Waals surface area contributed by atoms with Crippen molar-refractivity contribution in [3.8, 4) is 5.75 Å². The van der Waals surface area contributed by atoms with E-state index in [0.717, 1.165) is 5.56 Å². The van der Waals surface area contributed by atoms with Crippen molar-refractivity contribution in [3.63, 3.8) is 0 Å². The van der Waals surface area contributed by atoms with Gasteiger partial charge in [-0.2, -0.15) is 0 Å². The highest BCUT2D eigenvalue weighted by Crippen LogP contribution is 2.50. The molecule has 1 amide bonds. The van der Waals surface area contributed by atoms with Gasteiger partial charge in [0.2, 0.25) is 0 Å². The van der Waals surface area contributed by atoms with Gasteiger partial charge in [-0.3, -0.25) is 20.2 Å². The monoisotopic (exact) mass is 463 g/mol. The number of hydrogen-bond acceptors (Lipinski definition) is 5. The third-order valence-electron chi connectivity index (χ3n) is 6.55. The lowest BCUT2D eigenvalue weighted by Crippen LogP contribution is -2.54. The molecule has 4 atom stereocenters. The van der Waals surface area contributed by atoms with Crippen molar-refractivity contribution >= 4 is 23.2 Å². The first-order valence-electron chi connectivity index (χ1n) is 10.7. The molecule has 2 heterocycles. The highest BCUT2D eigenvalue weighted by atomic mass is 35.5. The Morgan fingerprint density at radius 2 is 1.76 bits per heavy atom. The molecule has 2 N–H and O–H groups in total. The van der Waals surface area contributed by atoms with Crippen molar-refractivity contribution in [3.05, 3.63) is 105 Å². The molecule has 1 spiro atoms. The number of para-hydroxylation sites is 2. The second kappa shape index (κ2) is 8.17. The largest absolute Gasteiger partial charge is 0.489 e. The summed E-state index contributed by atoms with van der Waals surface area (Å²) >= 11 is 5.96. The van der Waals surface area contributed by atoms with Crippen molar-refractivity contribution in [2.75, 3.05) is 5.32 Å². The number of anilines is 1. The molecule has 2 aliphatic rings. The number of nitrogens with one attached hydrogen (secondary N) is 2. The summed E-state index contributed by atoms with van der Waals surface area (Å²) in [5.41, 5.74) is 1.38. The first-order chi connectivity index (χ1) is 15.9. The minimum Gasteiger partial charge on any atom is -0.489 e. The lowest BCUT2D eigenvalue weighted by molar-refractivity contribution is -0.532. The van der Waals surface area contributed by atoms with E-state index in [1.807, 2.05) is 43.3 Å². The molecule has 2 aliphatic heterocycles. The van der Waals surface area contributed by atoms with Crippen LogP contribution in [0.15, 0.2) is 72.8 Å². The molecular formula is C25H22ClN3O4. The summed E-state index contributed by atoms with van der Waals surface area (Å²) in [5.74, 6) is -0.431. The van der Waals surface area contributed by atoms with Crippen molar-refractivity contribution in [1.29, 1.82) is 0 Å². The molecule has 0 unspecified atom stereocenters. The van der Waals surface area contributed by atoms with E-state index >= 15 is 0 Å². The van der Waals surface area contributed by atoms with E-state index in [1.165, 1.54) is 0 Å². The van der Waals surface area contributed by atoms with Crippen LogP contribution in [0.3, 0.4) is 0 Å². The van der Waals surface area contributed by atoms with Crippen molar-refractivity contribution in [2.24, 2.45) is 0 Å². The molecule has 0 aromatic heterocycles. The number of benzene rings is 3. The summed E-state index contributed by atoms with van der Waals surface area (Å²) in [4.78, 5) is 25.4. The first kappa shape index (κ1) is 21.4. The number of rotatable bonds is 5. The molecule has 3 aromatic carbocycles. The molecular weight excluding hydrogens is 442 g/mol. The van der Waals surface area contributed by atoms with Gasteiger partial charge in [0, 0.05) is 32.8 Å². The number of nitrogens with zero attached hydrogens (tertiary/aromatic N) is 1. The van der Waals surface area contributed by atoms with Gasteiger partial charge >= 0.3 is 0 Å². The SMILES string of the molecule is C[C@@H]1N[C@]2(C(=O)Nc3ccccc32)[C@@H]([N+](=O)[O-])[C@@H]1c1ccccc1OCc1ccc(Cl)cc1. The van der Waals surface area contributed by atoms with Crippen LogP contribution in [0.5, 0.6) is 5.75 Å². The van der Waals surface area contributed by atoms with Crippen LogP contribution in [0.25, 0.3) is 0 Å². The fourth-order valence-electron chi connectivity index (χ4n) is 5.15. The summed E-state index contributed by atoms with van der Waals surface area (Å²) in [5, 5.41) is 19.3. The quantitative estimate of drug-likeness (QED) is 0.429. The maximum Gasteiger partial charge on any atom is 0.256 e. The predicted octanol–water partition coefficient (Wildman–Crippen LogP) is 4.49. The zero-order valence-electron chi connectivity index (χ0n) is 17.8. The number of nitro groups is 1. The van der Waals surface area contributed by atoms with Gasteiger partial charge < -0.3 is 10.1 Å². The van der Waals surface area contributed by atoms with Gasteiger partial charge in [0.05, 0.1) is 5.92 Å². The number of fused-ring (bicyclic) bond motifs is 2. The van der Waals surface area contributed by atoms with E-state index < -0.39 is 23.4 Å². The number of hydrogen-bond donors (Lipinski definition) is 2. The standard InChI is InChI=1S/C25H22ClN3O4/c1-15-22(18-6-2-5-9-21(18)33-14-16-10-12-17(26)13-11-16)23(29(31)32)25(28-15)19-7-3-4-8-20(19)27-24(25)30/h2-13,15,22-23,28H,14H2,1H3,(H,27,30)/t15-,22-,23-,25-/m0/s1. The van der Waals surface area contributed by atoms with Crippen LogP contribution in [0.4, 0.5) is 5.69 Å². The molecule has 33 heavy (non-hydrogen) atoms. The van der Waals surface area contributed by atoms with E-state index in [9.17, 15) is 14.9 Å². The Morgan fingerprint density at radius 1 is 1.06 bits per heavy atom. The number of carbonyl (C=O) groups excluding carboxylic acids is 1. The lowest BCUT2D eigenvalue weighted by atomic mass is 9.78. The summed E-state index contributed by atoms with van der Waals surface area (Å²) in [6.07, 6.45) is 0. The molecule has 5 rings (SSSR count). The maximum absolute atomic E-state index is 13.2. The normalized spacial score (nSPS) is 25.6. The van der Waals surface area contributed by atoms with Crippen molar-refractivity contribution in [1.82, 2.24) is 5.32 Å². The van der Waals surface area contributed by atoms with E-state index in [2.05, 4.69) is 10.6 Å². The number of halogens is 1. The van der Waals surface area contributed by atoms with Gasteiger partial charge in [0.25, 0.3) is 11.9 Å². The van der Waals surface area contributed by atoms with E-state index in [0.29, 0.717) is 34.2 Å². The minimum atomic E-state index is -1.45. The molecule has 0 radical (unpaired) electrons. The highest BCUT2D eigenvalue weighted by Gasteiger charge is 2.67. The third-order valence-corrected chi connectivity index (χ3v) is 6.80. The van der Waals surface area contributed by atoms with Gasteiger partial charge in [0.1, 0.15) is 12.4 Å². The van der Waals surface area contributed by atoms with Gasteiger partial charge in [-0.05, 0) is 36.8 Å². The summed E-state index contributed by atoms with van der Waals surface area (Å²) < 4.78 is 6.11. The Kier molecular flexibility index (Phi) is 5.31. The first-order valence-corrected chi connectivity index (χ1v) is 11.1. The minimum absolute atomic E-state index is 0.292. The molecule has 0 saturated carbocycles. The van der Waals surface area contributed by atoms with Gasteiger partial charge in [0.15, 0.2) is 5.54 Å². The van der Waals surface area contributed by atoms with Crippen molar-refractivity contribution in [2.45, 2.75) is 37.1 Å². The molecule has 168 valence electrons. The molecule has 1 saturated heterocycles. The zero-order chi connectivity index (χ0) is 23.2. The third kappa shape index (κ3) is 3.44. The van der Waals surface area contributed by atoms with E-state index in [1.54, 1.807) is 36.4 Å². The van der Waals surface area contributed by atoms with Crippen LogP contribution in [-0.2, 0) is 16.9 Å². The fraction of sp³-hybridized carbons (Fsp3) is 0.240. The van der Waals surface area contributed by atoms with Crippen molar-refractivity contribution < 1.29 is 14.5 Å². The Balaban J connectivity index is 1.54. The lowest BCUT2D eigenvalue weighted by Gasteiger charge is -2.26. The van der Waals surface area contributed by atoms with E-state index in [-0.39, 0.29) is 11.0 Å². The Labute approximate surface area is 195 Å². The maximum atomic E-state index is 13.2. The topological polar surface area (TPSA) is 93.5 Å². The molecule has 3 aromatic rings. The molecule has 1 fully saturated rings. The fourth-order valence-corrected chi connectivity index (χ4v) is 5.28. The Bertz CT molecular complexity index is 1230. The van der Waals surface area contributed by atoms with Gasteiger partial charge in [-0.1, -0.05) is 60.1 Å². The summed E-state index contributed by atoms with van der Waals surface area (Å²) in [6, 6.07) is 20.2. The van der Waals surface area contributed by atoms with Gasteiger partial charge in [-0.15, -0.1) is 0 Å². The molecule has 7 nitrogen and oxygen atoms in total. The number of amides is 1. The second-order valence-corrected chi connectivity index (χ2v) is 8.89. The van der Waals surface area contributed by atoms with Crippen LogP contribution in [0, 0.1) is 10.1 Å². The summed E-state index contributed by atoms with van der Waals surface area (Å²) in [7, 11) is 0. The number of ether oxygens (including phenoxy) is 1. The highest BCUT2D eigenvalue weighted by molar-refractivity contribution is 6.30. The van der Waals surface area contributed by atoms with E-state index in [4.69, 9.17) is 16.3 Å². The smallest absolute Gasteiger partial charge is 0.256 e. The van der Waals surface area contributed by atoms with Crippen LogP contribution < -0.4 is 15.4 Å². The van der Waals surface area contributed by atoms with Crippen LogP contribution >= 0.6 is 11.6 Å². The van der Waals surface area contributed by atoms with Crippen LogP contribution in [0.1, 0.15) is 29.5 Å². The van der Waals surface area contributed by atoms with Crippen LogP contribution in [0.2, 0.25) is 5.02 Å². The average molecular weight is 464 g/mol. The molecule has 0 aliphatic carbocycles. The van der Waals surface area contributed by atoms with Crippen LogP contribution in [-0.4, -0.2) is 22.9 Å². The molecule has 8 heteroatoms. The summed E-state index contributed by atoms with van der Waals surface area (Å²) in [6.45, 7) is 2.17. The Hall–Kier alpha value is -3.42. The zero-order valence-corrected chi connectivity index (χ0v) is 18.6. The second-order valence-electron chi connectivity index (χ2n) is 8.45. The number of carbonyl (C=O) groups is 1. The predicted molar refractivity (Wildman–Crippen MR) is 125 cm³/mol. The average Bonchev–Trinajstić information content (AvgIpc) is 3.27. The Morgan fingerprint density at radius 3 is 2.52 bits per heavy atom.